The Morgan fingerprint density at radius 3 is 2.64 bits per heavy atom. The minimum atomic E-state index is -0.581. The zero-order valence-electron chi connectivity index (χ0n) is 20.1. The van der Waals surface area contributed by atoms with Crippen LogP contribution in [0.2, 0.25) is 6.32 Å². The predicted molar refractivity (Wildman–Crippen MR) is 138 cm³/mol. The lowest BCUT2D eigenvalue weighted by atomic mass is 9.63. The van der Waals surface area contributed by atoms with Gasteiger partial charge in [0.2, 0.25) is 0 Å². The van der Waals surface area contributed by atoms with Gasteiger partial charge in [0, 0.05) is 5.57 Å². The Hall–Kier alpha value is -3.04. The van der Waals surface area contributed by atoms with E-state index in [4.69, 9.17) is 9.39 Å². The summed E-state index contributed by atoms with van der Waals surface area (Å²) in [5.74, 6) is 0. The Bertz CT molecular complexity index is 1110. The Morgan fingerprint density at radius 2 is 1.94 bits per heavy atom. The highest BCUT2D eigenvalue weighted by Crippen LogP contribution is 2.48. The van der Waals surface area contributed by atoms with Crippen LogP contribution in [-0.4, -0.2) is 24.8 Å². The molecule has 0 saturated carbocycles. The number of ether oxygens (including phenoxy) is 1. The summed E-state index contributed by atoms with van der Waals surface area (Å²) < 4.78 is 11.5. The summed E-state index contributed by atoms with van der Waals surface area (Å²) >= 11 is 0. The smallest absolute Gasteiger partial charge is 0.280 e. The maximum Gasteiger partial charge on any atom is 0.280 e. The second-order valence-corrected chi connectivity index (χ2v) is 9.03. The highest BCUT2D eigenvalue weighted by molar-refractivity contribution is 6.28. The van der Waals surface area contributed by atoms with Gasteiger partial charge in [-0.2, -0.15) is 0 Å². The molecule has 1 aliphatic heterocycles. The lowest BCUT2D eigenvalue weighted by Gasteiger charge is -2.38. The first-order valence-electron chi connectivity index (χ1n) is 11.3. The molecule has 1 atom stereocenters. The number of hydrogen-bond acceptors (Lipinski definition) is 3. The molecule has 3 rings (SSSR count). The molecule has 170 valence electrons. The summed E-state index contributed by atoms with van der Waals surface area (Å²) in [4.78, 5) is 0. The van der Waals surface area contributed by atoms with Gasteiger partial charge in [0.25, 0.3) is 7.48 Å². The van der Waals surface area contributed by atoms with Crippen molar-refractivity contribution in [1.29, 1.82) is 0 Å². The molecule has 4 heteroatoms. The van der Waals surface area contributed by atoms with Crippen molar-refractivity contribution >= 4 is 7.48 Å². The lowest BCUT2D eigenvalue weighted by molar-refractivity contribution is 0.0445. The van der Waals surface area contributed by atoms with Crippen LogP contribution in [0.25, 0.3) is 0 Å². The van der Waals surface area contributed by atoms with Gasteiger partial charge >= 0.3 is 0 Å². The van der Waals surface area contributed by atoms with Crippen molar-refractivity contribution < 1.29 is 14.5 Å². The zero-order chi connectivity index (χ0) is 23.9. The quantitative estimate of drug-likeness (QED) is 0.422. The molecule has 0 saturated heterocycles. The maximum atomic E-state index is 9.51. The molecule has 1 unspecified atom stereocenters. The van der Waals surface area contributed by atoms with Gasteiger partial charge in [-0.15, -0.1) is 5.73 Å². The van der Waals surface area contributed by atoms with Gasteiger partial charge in [-0.1, -0.05) is 54.6 Å². The fourth-order valence-corrected chi connectivity index (χ4v) is 4.28. The number of aliphatic hydroxyl groups excluding tert-OH is 1. The summed E-state index contributed by atoms with van der Waals surface area (Å²) in [7, 11) is 0.474. The minimum absolute atomic E-state index is 0.0320. The van der Waals surface area contributed by atoms with Crippen LogP contribution in [0.15, 0.2) is 114 Å². The number of aryl methyl sites for hydroxylation is 1. The molecule has 1 N–H and O–H groups in total. The highest BCUT2D eigenvalue weighted by Gasteiger charge is 2.40. The average molecular weight is 440 g/mol. The molecule has 1 heterocycles. The summed E-state index contributed by atoms with van der Waals surface area (Å²) in [6, 6.07) is 8.45. The van der Waals surface area contributed by atoms with E-state index in [2.05, 4.69) is 68.7 Å². The third-order valence-corrected chi connectivity index (χ3v) is 6.11. The van der Waals surface area contributed by atoms with Crippen molar-refractivity contribution in [3.05, 3.63) is 125 Å². The monoisotopic (exact) mass is 440 g/mol. The molecular formula is C29H33BO3. The molecule has 0 radical (unpaired) electrons. The van der Waals surface area contributed by atoms with E-state index in [-0.39, 0.29) is 6.61 Å². The van der Waals surface area contributed by atoms with Gasteiger partial charge in [0.05, 0.1) is 30.1 Å². The third-order valence-electron chi connectivity index (χ3n) is 6.11. The lowest BCUT2D eigenvalue weighted by Crippen LogP contribution is -2.32. The zero-order valence-corrected chi connectivity index (χ0v) is 20.1. The van der Waals surface area contributed by atoms with E-state index in [9.17, 15) is 5.11 Å². The van der Waals surface area contributed by atoms with E-state index in [1.54, 1.807) is 12.5 Å². The summed E-state index contributed by atoms with van der Waals surface area (Å²) in [6.45, 7) is 12.6. The maximum absolute atomic E-state index is 9.51. The van der Waals surface area contributed by atoms with Crippen molar-refractivity contribution in [3.63, 3.8) is 0 Å². The number of allylic oxidation sites excluding steroid dienone is 10. The average Bonchev–Trinajstić information content (AvgIpc) is 3.31. The van der Waals surface area contributed by atoms with E-state index in [0.717, 1.165) is 22.3 Å². The fourth-order valence-electron chi connectivity index (χ4n) is 4.28. The van der Waals surface area contributed by atoms with Gasteiger partial charge in [-0.05, 0) is 80.6 Å². The van der Waals surface area contributed by atoms with Crippen LogP contribution < -0.4 is 0 Å². The molecule has 0 amide bonds. The molecule has 33 heavy (non-hydrogen) atoms. The molecule has 0 fully saturated rings. The molecular weight excluding hydrogens is 407 g/mol. The first-order chi connectivity index (χ1) is 15.8. The van der Waals surface area contributed by atoms with Crippen LogP contribution in [0.1, 0.15) is 31.9 Å². The molecule has 1 aliphatic carbocycles. The van der Waals surface area contributed by atoms with Crippen molar-refractivity contribution in [2.75, 3.05) is 6.61 Å². The third kappa shape index (κ3) is 5.49. The fraction of sp³-hybridized carbons (Fsp3) is 0.276. The molecule has 3 nitrogen and oxygen atoms in total. The Balaban J connectivity index is 2.15. The van der Waals surface area contributed by atoms with Gasteiger partial charge in [-0.3, -0.25) is 0 Å². The summed E-state index contributed by atoms with van der Waals surface area (Å²) in [5.41, 5.74) is 8.83. The van der Waals surface area contributed by atoms with E-state index >= 15 is 0 Å². The van der Waals surface area contributed by atoms with Crippen LogP contribution in [0.3, 0.4) is 0 Å². The standard InChI is InChI=1S/C29H33BO3/c1-22-11-6-9-15-27(22)29(26-13-7-8-14-26)23(2)12-10-17-32-18-16-25(19-24(29)3)20-30-33-28(4,5)21-31/h6-13,15-19,30-31H,3,20-21H2,1-2,4-5H3/b17-10-,18-16-,23-12+,25-19+. The normalized spacial score (nSPS) is 25.7. The molecule has 1 aromatic rings. The minimum Gasteiger partial charge on any atom is -0.473 e. The molecule has 2 aliphatic rings. The molecule has 1 aromatic carbocycles. The van der Waals surface area contributed by atoms with Crippen molar-refractivity contribution in [2.45, 2.75) is 45.0 Å². The number of rotatable bonds is 7. The Labute approximate surface area is 198 Å². The van der Waals surface area contributed by atoms with Gasteiger partial charge in [0.1, 0.15) is 0 Å². The van der Waals surface area contributed by atoms with Crippen LogP contribution in [0.5, 0.6) is 0 Å². The molecule has 0 aromatic heterocycles. The number of benzene rings is 1. The van der Waals surface area contributed by atoms with E-state index in [1.165, 1.54) is 11.1 Å². The largest absolute Gasteiger partial charge is 0.473 e. The highest BCUT2D eigenvalue weighted by atomic mass is 16.5. The van der Waals surface area contributed by atoms with E-state index < -0.39 is 11.0 Å². The van der Waals surface area contributed by atoms with Crippen LogP contribution in [0, 0.1) is 6.92 Å². The van der Waals surface area contributed by atoms with E-state index in [1.807, 2.05) is 38.2 Å². The summed E-state index contributed by atoms with van der Waals surface area (Å²) in [6.07, 6.45) is 18.2. The molecule has 0 spiro atoms. The van der Waals surface area contributed by atoms with Crippen molar-refractivity contribution in [2.24, 2.45) is 0 Å². The SMILES string of the molecule is C=C1/C=C(CBOC(C)(C)CO)\C=C/O/C=C\C=C(/C)C1(C1=C=CC=C1)c1ccccc1C. The topological polar surface area (TPSA) is 38.7 Å². The van der Waals surface area contributed by atoms with Gasteiger partial charge in [-0.25, -0.2) is 0 Å². The van der Waals surface area contributed by atoms with Crippen molar-refractivity contribution in [1.82, 2.24) is 0 Å². The van der Waals surface area contributed by atoms with Crippen LogP contribution in [0.4, 0.5) is 0 Å². The van der Waals surface area contributed by atoms with Gasteiger partial charge in [0.15, 0.2) is 0 Å². The molecule has 0 bridgehead atoms. The number of aliphatic hydroxyl groups is 1. The number of hydrogen-bond donors (Lipinski definition) is 1. The van der Waals surface area contributed by atoms with Gasteiger partial charge < -0.3 is 14.5 Å². The van der Waals surface area contributed by atoms with Crippen molar-refractivity contribution in [3.8, 4) is 0 Å². The van der Waals surface area contributed by atoms with Crippen LogP contribution in [-0.2, 0) is 14.8 Å². The van der Waals surface area contributed by atoms with E-state index in [0.29, 0.717) is 13.8 Å². The summed E-state index contributed by atoms with van der Waals surface area (Å²) in [5, 5.41) is 9.51. The predicted octanol–water partition coefficient (Wildman–Crippen LogP) is 5.93. The van der Waals surface area contributed by atoms with Crippen LogP contribution >= 0.6 is 0 Å². The second kappa shape index (κ2) is 10.7. The first-order valence-corrected chi connectivity index (χ1v) is 11.3. The second-order valence-electron chi connectivity index (χ2n) is 9.03. The Morgan fingerprint density at radius 1 is 1.15 bits per heavy atom. The first kappa shape index (κ1) is 24.6. The Kier molecular flexibility index (Phi) is 7.99.